The third kappa shape index (κ3) is 2.02. The SMILES string of the molecule is CCOC(=O)C(N)c1nccs1. The number of nitrogens with two attached hydrogens (primary N) is 1. The number of esters is 1. The Kier molecular flexibility index (Phi) is 3.19. The van der Waals surface area contributed by atoms with E-state index in [2.05, 4.69) is 4.98 Å². The molecule has 1 atom stereocenters. The van der Waals surface area contributed by atoms with Crippen LogP contribution < -0.4 is 5.73 Å². The van der Waals surface area contributed by atoms with Crippen LogP contribution in [0.4, 0.5) is 0 Å². The summed E-state index contributed by atoms with van der Waals surface area (Å²) in [4.78, 5) is 15.0. The van der Waals surface area contributed by atoms with Crippen molar-refractivity contribution in [2.75, 3.05) is 6.61 Å². The highest BCUT2D eigenvalue weighted by Gasteiger charge is 2.18. The number of carbonyl (C=O) groups excluding carboxylic acids is 1. The lowest BCUT2D eigenvalue weighted by Gasteiger charge is -2.06. The van der Waals surface area contributed by atoms with Gasteiger partial charge in [-0.05, 0) is 6.92 Å². The van der Waals surface area contributed by atoms with Gasteiger partial charge in [-0.1, -0.05) is 0 Å². The van der Waals surface area contributed by atoms with Gasteiger partial charge in [0, 0.05) is 11.6 Å². The highest BCUT2D eigenvalue weighted by molar-refractivity contribution is 7.09. The van der Waals surface area contributed by atoms with Crippen LogP contribution in [0.1, 0.15) is 18.0 Å². The molecule has 66 valence electrons. The Hall–Kier alpha value is -0.940. The van der Waals surface area contributed by atoms with Gasteiger partial charge in [0.1, 0.15) is 5.01 Å². The van der Waals surface area contributed by atoms with Crippen molar-refractivity contribution in [3.63, 3.8) is 0 Å². The van der Waals surface area contributed by atoms with Crippen LogP contribution >= 0.6 is 11.3 Å². The molecule has 1 aromatic rings. The molecule has 0 saturated carbocycles. The number of ether oxygens (including phenoxy) is 1. The Morgan fingerprint density at radius 2 is 2.67 bits per heavy atom. The van der Waals surface area contributed by atoms with E-state index in [1.54, 1.807) is 18.5 Å². The topological polar surface area (TPSA) is 65.2 Å². The van der Waals surface area contributed by atoms with E-state index in [0.717, 1.165) is 0 Å². The van der Waals surface area contributed by atoms with Gasteiger partial charge >= 0.3 is 5.97 Å². The summed E-state index contributed by atoms with van der Waals surface area (Å²) in [6.45, 7) is 2.09. The molecule has 0 radical (unpaired) electrons. The quantitative estimate of drug-likeness (QED) is 0.706. The Bertz CT molecular complexity index is 248. The zero-order chi connectivity index (χ0) is 8.97. The highest BCUT2D eigenvalue weighted by Crippen LogP contribution is 2.13. The highest BCUT2D eigenvalue weighted by atomic mass is 32.1. The normalized spacial score (nSPS) is 12.5. The molecule has 0 fully saturated rings. The van der Waals surface area contributed by atoms with Crippen LogP contribution in [0.25, 0.3) is 0 Å². The van der Waals surface area contributed by atoms with E-state index >= 15 is 0 Å². The first-order valence-electron chi connectivity index (χ1n) is 3.57. The van der Waals surface area contributed by atoms with E-state index in [1.807, 2.05) is 0 Å². The number of rotatable bonds is 3. The average Bonchev–Trinajstić information content (AvgIpc) is 2.55. The molecule has 0 spiro atoms. The number of hydrogen-bond donors (Lipinski definition) is 1. The largest absolute Gasteiger partial charge is 0.465 e. The zero-order valence-corrected chi connectivity index (χ0v) is 7.50. The maximum absolute atomic E-state index is 11.1. The molecular formula is C7H10N2O2S. The summed E-state index contributed by atoms with van der Waals surface area (Å²) >= 11 is 1.35. The van der Waals surface area contributed by atoms with Crippen LogP contribution in [-0.2, 0) is 9.53 Å². The fourth-order valence-electron chi connectivity index (χ4n) is 0.721. The molecule has 1 aromatic heterocycles. The van der Waals surface area contributed by atoms with Crippen LogP contribution in [0.5, 0.6) is 0 Å². The summed E-state index contributed by atoms with van der Waals surface area (Å²) in [6, 6.07) is -0.732. The predicted molar refractivity (Wildman–Crippen MR) is 45.7 cm³/mol. The van der Waals surface area contributed by atoms with E-state index in [1.165, 1.54) is 11.3 Å². The number of thiazole rings is 1. The molecule has 5 heteroatoms. The lowest BCUT2D eigenvalue weighted by atomic mass is 10.3. The van der Waals surface area contributed by atoms with Gasteiger partial charge < -0.3 is 10.5 Å². The minimum absolute atomic E-state index is 0.345. The Morgan fingerprint density at radius 1 is 1.92 bits per heavy atom. The van der Waals surface area contributed by atoms with Crippen molar-refractivity contribution in [2.45, 2.75) is 13.0 Å². The third-order valence-corrected chi connectivity index (χ3v) is 2.12. The molecule has 0 aliphatic carbocycles. The number of aromatic nitrogens is 1. The minimum Gasteiger partial charge on any atom is -0.465 e. The van der Waals surface area contributed by atoms with Gasteiger partial charge in [-0.3, -0.25) is 0 Å². The van der Waals surface area contributed by atoms with Crippen molar-refractivity contribution >= 4 is 17.3 Å². The monoisotopic (exact) mass is 186 g/mol. The van der Waals surface area contributed by atoms with Gasteiger partial charge in [0.15, 0.2) is 6.04 Å². The molecule has 12 heavy (non-hydrogen) atoms. The van der Waals surface area contributed by atoms with Crippen molar-refractivity contribution in [1.82, 2.24) is 4.98 Å². The maximum Gasteiger partial charge on any atom is 0.330 e. The molecule has 4 nitrogen and oxygen atoms in total. The van der Waals surface area contributed by atoms with Gasteiger partial charge in [-0.2, -0.15) is 0 Å². The van der Waals surface area contributed by atoms with Gasteiger partial charge in [0.25, 0.3) is 0 Å². The lowest BCUT2D eigenvalue weighted by molar-refractivity contribution is -0.144. The number of hydrogen-bond acceptors (Lipinski definition) is 5. The maximum atomic E-state index is 11.1. The van der Waals surface area contributed by atoms with Crippen molar-refractivity contribution in [2.24, 2.45) is 5.73 Å². The predicted octanol–water partition coefficient (Wildman–Crippen LogP) is 0.706. The van der Waals surface area contributed by atoms with Crippen molar-refractivity contribution in [1.29, 1.82) is 0 Å². The van der Waals surface area contributed by atoms with E-state index in [0.29, 0.717) is 11.6 Å². The van der Waals surface area contributed by atoms with Crippen molar-refractivity contribution < 1.29 is 9.53 Å². The lowest BCUT2D eigenvalue weighted by Crippen LogP contribution is -2.23. The second-order valence-corrected chi connectivity index (χ2v) is 3.03. The van der Waals surface area contributed by atoms with Crippen LogP contribution in [-0.4, -0.2) is 17.6 Å². The van der Waals surface area contributed by atoms with Gasteiger partial charge in [-0.15, -0.1) is 11.3 Å². The second-order valence-electron chi connectivity index (χ2n) is 2.10. The van der Waals surface area contributed by atoms with E-state index in [9.17, 15) is 4.79 Å². The Morgan fingerprint density at radius 3 is 3.17 bits per heavy atom. The van der Waals surface area contributed by atoms with Gasteiger partial charge in [0.05, 0.1) is 6.61 Å². The van der Waals surface area contributed by atoms with Gasteiger partial charge in [-0.25, -0.2) is 9.78 Å². The summed E-state index contributed by atoms with van der Waals surface area (Å²) in [5, 5.41) is 2.36. The minimum atomic E-state index is -0.732. The van der Waals surface area contributed by atoms with Crippen LogP contribution in [0.3, 0.4) is 0 Å². The van der Waals surface area contributed by atoms with Crippen LogP contribution in [0, 0.1) is 0 Å². The molecule has 1 heterocycles. The fraction of sp³-hybridized carbons (Fsp3) is 0.429. The van der Waals surface area contributed by atoms with E-state index < -0.39 is 12.0 Å². The Balaban J connectivity index is 2.59. The molecule has 0 aliphatic heterocycles. The number of nitrogens with zero attached hydrogens (tertiary/aromatic N) is 1. The first-order chi connectivity index (χ1) is 5.75. The second kappa shape index (κ2) is 4.18. The molecule has 0 amide bonds. The number of carbonyl (C=O) groups is 1. The molecule has 0 saturated heterocycles. The van der Waals surface area contributed by atoms with Gasteiger partial charge in [0.2, 0.25) is 0 Å². The summed E-state index contributed by atoms with van der Waals surface area (Å²) in [5.41, 5.74) is 5.54. The summed E-state index contributed by atoms with van der Waals surface area (Å²) < 4.78 is 4.73. The van der Waals surface area contributed by atoms with Crippen molar-refractivity contribution in [3.8, 4) is 0 Å². The molecule has 1 rings (SSSR count). The van der Waals surface area contributed by atoms with Crippen molar-refractivity contribution in [3.05, 3.63) is 16.6 Å². The standard InChI is InChI=1S/C7H10N2O2S/c1-2-11-7(10)5(8)6-9-3-4-12-6/h3-5H,2,8H2,1H3. The average molecular weight is 186 g/mol. The molecule has 0 aliphatic rings. The summed E-state index contributed by atoms with van der Waals surface area (Å²) in [6.07, 6.45) is 1.61. The molecule has 1 unspecified atom stereocenters. The molecule has 0 aromatic carbocycles. The van der Waals surface area contributed by atoms with Crippen LogP contribution in [0.15, 0.2) is 11.6 Å². The smallest absolute Gasteiger partial charge is 0.330 e. The molecular weight excluding hydrogens is 176 g/mol. The first-order valence-corrected chi connectivity index (χ1v) is 4.45. The summed E-state index contributed by atoms with van der Waals surface area (Å²) in [5.74, 6) is -0.424. The summed E-state index contributed by atoms with van der Waals surface area (Å²) in [7, 11) is 0. The Labute approximate surface area is 74.4 Å². The first kappa shape index (κ1) is 9.15. The van der Waals surface area contributed by atoms with Crippen LogP contribution in [0.2, 0.25) is 0 Å². The fourth-order valence-corrected chi connectivity index (χ4v) is 1.35. The zero-order valence-electron chi connectivity index (χ0n) is 6.69. The third-order valence-electron chi connectivity index (χ3n) is 1.26. The molecule has 2 N–H and O–H groups in total. The molecule has 0 bridgehead atoms. The van der Waals surface area contributed by atoms with E-state index in [4.69, 9.17) is 10.5 Å². The van der Waals surface area contributed by atoms with E-state index in [-0.39, 0.29) is 0 Å².